The zero-order valence-corrected chi connectivity index (χ0v) is 11.8. The number of hydrogen-bond acceptors (Lipinski definition) is 4. The Hall–Kier alpha value is -2.68. The van der Waals surface area contributed by atoms with Gasteiger partial charge in [-0.15, -0.1) is 0 Å². The van der Waals surface area contributed by atoms with E-state index in [1.807, 2.05) is 0 Å². The molecule has 0 aliphatic heterocycles. The molecule has 1 amide bonds. The molecule has 1 heterocycles. The molecule has 0 aliphatic carbocycles. The molecule has 0 bridgehead atoms. The lowest BCUT2D eigenvalue weighted by molar-refractivity contribution is -0.120. The van der Waals surface area contributed by atoms with Crippen LogP contribution in [-0.4, -0.2) is 22.1 Å². The molecule has 0 aliphatic rings. The maximum atomic E-state index is 13.0. The van der Waals surface area contributed by atoms with Crippen LogP contribution < -0.4 is 11.0 Å². The van der Waals surface area contributed by atoms with Crippen LogP contribution in [0, 0.1) is 16.4 Å². The van der Waals surface area contributed by atoms with Crippen LogP contribution in [-0.2, 0) is 11.2 Å². The van der Waals surface area contributed by atoms with Crippen molar-refractivity contribution in [3.8, 4) is 0 Å². The van der Waals surface area contributed by atoms with Crippen LogP contribution in [0.1, 0.15) is 11.3 Å². The molecule has 9 heteroatoms. The van der Waals surface area contributed by atoms with Crippen molar-refractivity contribution >= 4 is 24.3 Å². The van der Waals surface area contributed by atoms with E-state index in [-0.39, 0.29) is 16.8 Å². The molecule has 1 aromatic carbocycles. The first-order valence-electron chi connectivity index (χ1n) is 6.03. The molecule has 0 unspecified atom stereocenters. The Morgan fingerprint density at radius 3 is 2.73 bits per heavy atom. The van der Waals surface area contributed by atoms with Crippen LogP contribution in [0.15, 0.2) is 34.2 Å². The zero-order valence-electron chi connectivity index (χ0n) is 11.0. The van der Waals surface area contributed by atoms with Gasteiger partial charge in [0.2, 0.25) is 5.91 Å². The third kappa shape index (κ3) is 4.42. The Morgan fingerprint density at radius 1 is 1.27 bits per heavy atom. The molecular weight excluding hydrogens is 314 g/mol. The quantitative estimate of drug-likeness (QED) is 0.451. The highest BCUT2D eigenvalue weighted by atomic mass is 32.1. The summed E-state index contributed by atoms with van der Waals surface area (Å²) in [6, 6.07) is 4.41. The lowest BCUT2D eigenvalue weighted by atomic mass is 10.2. The molecule has 2 rings (SSSR count). The Morgan fingerprint density at radius 2 is 2.05 bits per heavy atom. The van der Waals surface area contributed by atoms with Gasteiger partial charge >= 0.3 is 0 Å². The fourth-order valence-electron chi connectivity index (χ4n) is 1.60. The Bertz CT molecular complexity index is 816. The fourth-order valence-corrected chi connectivity index (χ4v) is 1.83. The number of halogens is 2. The smallest absolute Gasteiger partial charge is 0.251 e. The second-order valence-corrected chi connectivity index (χ2v) is 4.66. The second kappa shape index (κ2) is 6.85. The number of aromatic nitrogens is 2. The third-order valence-electron chi connectivity index (χ3n) is 2.51. The van der Waals surface area contributed by atoms with E-state index in [1.165, 1.54) is 18.3 Å². The summed E-state index contributed by atoms with van der Waals surface area (Å²) in [6.45, 7) is 0. The number of carbonyl (C=O) groups is 1. The van der Waals surface area contributed by atoms with Crippen molar-refractivity contribution in [3.63, 3.8) is 0 Å². The molecule has 2 aromatic rings. The van der Waals surface area contributed by atoms with Gasteiger partial charge in [0.05, 0.1) is 12.6 Å². The van der Waals surface area contributed by atoms with E-state index >= 15 is 0 Å². The van der Waals surface area contributed by atoms with Crippen LogP contribution in [0.2, 0.25) is 0 Å². The Labute approximate surface area is 127 Å². The number of rotatable bonds is 4. The van der Waals surface area contributed by atoms with Crippen molar-refractivity contribution < 1.29 is 13.6 Å². The first-order chi connectivity index (χ1) is 10.4. The molecule has 0 saturated heterocycles. The predicted octanol–water partition coefficient (Wildman–Crippen LogP) is 1.40. The number of carbonyl (C=O) groups excluding carboxylic acids is 1. The average Bonchev–Trinajstić information content (AvgIpc) is 2.41. The number of amides is 1. The topological polar surface area (TPSA) is 90.1 Å². The summed E-state index contributed by atoms with van der Waals surface area (Å²) in [6.07, 6.45) is 1.03. The standard InChI is InChI=1S/C13H10F2N4O2S/c14-9-2-1-7(3-10(9)15)6-16-19-12(21)5-8-4-11(20)18-13(22)17-8/h1-4,6H,5H2,(H,19,21)(H2,17,18,20,22)/b16-6-. The predicted molar refractivity (Wildman–Crippen MR) is 78.0 cm³/mol. The van der Waals surface area contributed by atoms with Crippen LogP contribution in [0.3, 0.4) is 0 Å². The van der Waals surface area contributed by atoms with Gasteiger partial charge in [0.25, 0.3) is 5.56 Å². The highest BCUT2D eigenvalue weighted by Crippen LogP contribution is 2.06. The number of hydrogen-bond donors (Lipinski definition) is 3. The second-order valence-electron chi connectivity index (χ2n) is 4.26. The van der Waals surface area contributed by atoms with Crippen LogP contribution in [0.25, 0.3) is 0 Å². The van der Waals surface area contributed by atoms with Crippen LogP contribution in [0.4, 0.5) is 8.78 Å². The Kier molecular flexibility index (Phi) is 4.89. The van der Waals surface area contributed by atoms with Crippen LogP contribution in [0.5, 0.6) is 0 Å². The van der Waals surface area contributed by atoms with Gasteiger partial charge in [-0.2, -0.15) is 5.10 Å². The molecule has 114 valence electrons. The molecule has 0 fully saturated rings. The molecule has 0 radical (unpaired) electrons. The first-order valence-corrected chi connectivity index (χ1v) is 6.44. The highest BCUT2D eigenvalue weighted by Gasteiger charge is 2.04. The highest BCUT2D eigenvalue weighted by molar-refractivity contribution is 7.71. The maximum absolute atomic E-state index is 13.0. The summed E-state index contributed by atoms with van der Waals surface area (Å²) in [5.41, 5.74) is 2.40. The zero-order chi connectivity index (χ0) is 16.1. The average molecular weight is 324 g/mol. The number of hydrazone groups is 1. The van der Waals surface area contributed by atoms with E-state index in [0.717, 1.165) is 12.1 Å². The molecule has 1 aromatic heterocycles. The van der Waals surface area contributed by atoms with Crippen molar-refractivity contribution in [2.45, 2.75) is 6.42 Å². The van der Waals surface area contributed by atoms with Crippen LogP contribution >= 0.6 is 12.2 Å². The molecule has 0 atom stereocenters. The maximum Gasteiger partial charge on any atom is 0.251 e. The number of aromatic amines is 2. The number of benzene rings is 1. The summed E-state index contributed by atoms with van der Waals surface area (Å²) in [4.78, 5) is 27.8. The molecule has 6 nitrogen and oxygen atoms in total. The summed E-state index contributed by atoms with van der Waals surface area (Å²) in [7, 11) is 0. The lowest BCUT2D eigenvalue weighted by Gasteiger charge is -2.00. The van der Waals surface area contributed by atoms with Gasteiger partial charge in [-0.25, -0.2) is 14.2 Å². The van der Waals surface area contributed by atoms with Crippen molar-refractivity contribution in [2.24, 2.45) is 5.10 Å². The lowest BCUT2D eigenvalue weighted by Crippen LogP contribution is -2.21. The van der Waals surface area contributed by atoms with E-state index in [4.69, 9.17) is 12.2 Å². The van der Waals surface area contributed by atoms with E-state index in [1.54, 1.807) is 0 Å². The van der Waals surface area contributed by atoms with Crippen molar-refractivity contribution in [2.75, 3.05) is 0 Å². The van der Waals surface area contributed by atoms with Gasteiger partial charge in [-0.1, -0.05) is 6.07 Å². The molecule has 22 heavy (non-hydrogen) atoms. The van der Waals surface area contributed by atoms with Gasteiger partial charge in [0, 0.05) is 11.8 Å². The van der Waals surface area contributed by atoms with E-state index in [0.29, 0.717) is 5.69 Å². The fraction of sp³-hybridized carbons (Fsp3) is 0.0769. The largest absolute Gasteiger partial charge is 0.335 e. The minimum absolute atomic E-state index is 0.112. The molecule has 0 spiro atoms. The van der Waals surface area contributed by atoms with Crippen molar-refractivity contribution in [1.82, 2.24) is 15.4 Å². The van der Waals surface area contributed by atoms with Crippen molar-refractivity contribution in [3.05, 3.63) is 62.3 Å². The number of nitrogens with one attached hydrogen (secondary N) is 3. The SMILES string of the molecule is O=C(Cc1cc(=O)[nH]c(=S)[nH]1)N/N=C\c1ccc(F)c(F)c1. The monoisotopic (exact) mass is 324 g/mol. The van der Waals surface area contributed by atoms with E-state index < -0.39 is 23.1 Å². The minimum atomic E-state index is -1.01. The van der Waals surface area contributed by atoms with Gasteiger partial charge in [-0.3, -0.25) is 14.6 Å². The first kappa shape index (κ1) is 15.7. The molecule has 0 saturated carbocycles. The Balaban J connectivity index is 1.97. The van der Waals surface area contributed by atoms with E-state index in [2.05, 4.69) is 20.5 Å². The van der Waals surface area contributed by atoms with Crippen molar-refractivity contribution in [1.29, 1.82) is 0 Å². The van der Waals surface area contributed by atoms with Gasteiger partial charge in [0.15, 0.2) is 16.4 Å². The minimum Gasteiger partial charge on any atom is -0.335 e. The van der Waals surface area contributed by atoms with Gasteiger partial charge in [-0.05, 0) is 29.9 Å². The molecular formula is C13H10F2N4O2S. The summed E-state index contributed by atoms with van der Waals surface area (Å²) < 4.78 is 25.8. The van der Waals surface area contributed by atoms with E-state index in [9.17, 15) is 18.4 Å². The third-order valence-corrected chi connectivity index (χ3v) is 2.72. The summed E-state index contributed by atoms with van der Waals surface area (Å²) >= 11 is 4.78. The van der Waals surface area contributed by atoms with Gasteiger partial charge in [0.1, 0.15) is 0 Å². The molecule has 3 N–H and O–H groups in total. The number of H-pyrrole nitrogens is 2. The number of nitrogens with zero attached hydrogens (tertiary/aromatic N) is 1. The summed E-state index contributed by atoms with van der Waals surface area (Å²) in [5, 5.41) is 3.61. The summed E-state index contributed by atoms with van der Waals surface area (Å²) in [5.74, 6) is -2.48. The normalized spacial score (nSPS) is 10.8. The van der Waals surface area contributed by atoms with Gasteiger partial charge < -0.3 is 4.98 Å².